The summed E-state index contributed by atoms with van der Waals surface area (Å²) in [5, 5.41) is 0. The number of carbonyl (C=O) groups is 1. The second-order valence-corrected chi connectivity index (χ2v) is 1.78. The first-order chi connectivity index (χ1) is 5.09. The molecule has 1 aromatic carbocycles. The number of rotatable bonds is 1. The van der Waals surface area contributed by atoms with E-state index in [9.17, 15) is 4.79 Å². The van der Waals surface area contributed by atoms with E-state index in [4.69, 9.17) is 2.74 Å². The third-order valence-corrected chi connectivity index (χ3v) is 1.05. The van der Waals surface area contributed by atoms with Crippen LogP contribution in [0.5, 0.6) is 0 Å². The minimum absolute atomic E-state index is 0.104. The molecule has 0 unspecified atom stereocenters. The molecule has 0 spiro atoms. The van der Waals surface area contributed by atoms with Gasteiger partial charge in [-0.1, -0.05) is 30.3 Å². The third kappa shape index (κ3) is 1.39. The highest BCUT2D eigenvalue weighted by Gasteiger charge is 1.92. The van der Waals surface area contributed by atoms with E-state index in [1.807, 2.05) is 0 Å². The Balaban J connectivity index is 3.19. The van der Waals surface area contributed by atoms with Crippen molar-refractivity contribution in [1.82, 2.24) is 0 Å². The molecule has 0 fully saturated rings. The lowest BCUT2D eigenvalue weighted by Gasteiger charge is -1.89. The molecule has 0 radical (unpaired) electrons. The van der Waals surface area contributed by atoms with Crippen molar-refractivity contribution in [3.05, 3.63) is 35.8 Å². The van der Waals surface area contributed by atoms with E-state index in [0.29, 0.717) is 5.56 Å². The Morgan fingerprint density at radius 3 is 2.56 bits per heavy atom. The Labute approximate surface area is 57.1 Å². The van der Waals surface area contributed by atoms with Crippen LogP contribution < -0.4 is 0 Å². The lowest BCUT2D eigenvalue weighted by molar-refractivity contribution is 0.101. The van der Waals surface area contributed by atoms with Gasteiger partial charge in [-0.3, -0.25) is 4.79 Å². The van der Waals surface area contributed by atoms with Gasteiger partial charge in [-0.05, 0) is 6.92 Å². The van der Waals surface area contributed by atoms with Crippen LogP contribution in [0.15, 0.2) is 30.3 Å². The average Bonchev–Trinajstić information content (AvgIpc) is 1.85. The summed E-state index contributed by atoms with van der Waals surface area (Å²) in [6.45, 7) is 1.42. The van der Waals surface area contributed by atoms with Crippen LogP contribution in [0.3, 0.4) is 0 Å². The van der Waals surface area contributed by atoms with Crippen molar-refractivity contribution >= 4 is 5.78 Å². The molecule has 0 heterocycles. The molecule has 1 aromatic rings. The SMILES string of the molecule is [2H]c1cc([2H])cc(C(C)=O)c1. The molecule has 0 bridgehead atoms. The summed E-state index contributed by atoms with van der Waals surface area (Å²) >= 11 is 0. The molecule has 0 N–H and O–H groups in total. The molecule has 1 heteroatoms. The highest BCUT2D eigenvalue weighted by Crippen LogP contribution is 1.97. The number of benzene rings is 1. The summed E-state index contributed by atoms with van der Waals surface area (Å²) in [6, 6.07) is 4.73. The zero-order chi connectivity index (χ0) is 8.43. The lowest BCUT2D eigenvalue weighted by atomic mass is 10.2. The van der Waals surface area contributed by atoms with E-state index in [-0.39, 0.29) is 17.9 Å². The van der Waals surface area contributed by atoms with E-state index in [2.05, 4.69) is 0 Å². The van der Waals surface area contributed by atoms with Crippen molar-refractivity contribution < 1.29 is 7.54 Å². The molecule has 1 nitrogen and oxygen atoms in total. The normalized spacial score (nSPS) is 12.1. The van der Waals surface area contributed by atoms with E-state index < -0.39 is 0 Å². The maximum absolute atomic E-state index is 10.8. The second-order valence-electron chi connectivity index (χ2n) is 1.78. The van der Waals surface area contributed by atoms with Gasteiger partial charge < -0.3 is 0 Å². The predicted octanol–water partition coefficient (Wildman–Crippen LogP) is 1.89. The summed E-state index contributed by atoms with van der Waals surface area (Å²) in [4.78, 5) is 10.8. The fourth-order valence-electron chi connectivity index (χ4n) is 0.556. The molecule has 1 rings (SSSR count). The van der Waals surface area contributed by atoms with Crippen LogP contribution in [0.4, 0.5) is 0 Å². The largest absolute Gasteiger partial charge is 0.295 e. The Morgan fingerprint density at radius 1 is 1.56 bits per heavy atom. The van der Waals surface area contributed by atoms with Gasteiger partial charge in [0.05, 0.1) is 2.74 Å². The van der Waals surface area contributed by atoms with Crippen LogP contribution in [-0.4, -0.2) is 5.78 Å². The Morgan fingerprint density at radius 2 is 2.11 bits per heavy atom. The molecule has 0 aromatic heterocycles. The molecule has 0 aliphatic heterocycles. The van der Waals surface area contributed by atoms with E-state index in [1.165, 1.54) is 25.1 Å². The maximum Gasteiger partial charge on any atom is 0.159 e. The minimum Gasteiger partial charge on any atom is -0.295 e. The number of carbonyl (C=O) groups excluding carboxylic acids is 1. The number of ketones is 1. The highest BCUT2D eigenvalue weighted by atomic mass is 16.1. The molecule has 0 amide bonds. The number of hydrogen-bond acceptors (Lipinski definition) is 1. The van der Waals surface area contributed by atoms with Crippen LogP contribution in [0, 0.1) is 0 Å². The Hall–Kier alpha value is -1.11. The van der Waals surface area contributed by atoms with Gasteiger partial charge in [-0.25, -0.2) is 0 Å². The van der Waals surface area contributed by atoms with Crippen molar-refractivity contribution in [3.63, 3.8) is 0 Å². The highest BCUT2D eigenvalue weighted by molar-refractivity contribution is 5.93. The molecular weight excluding hydrogens is 112 g/mol. The first-order valence-corrected chi connectivity index (χ1v) is 2.69. The lowest BCUT2D eigenvalue weighted by Crippen LogP contribution is -1.88. The first kappa shape index (κ1) is 3.83. The molecule has 46 valence electrons. The summed E-state index contributed by atoms with van der Waals surface area (Å²) < 4.78 is 14.4. The minimum atomic E-state index is -0.104. The third-order valence-electron chi connectivity index (χ3n) is 1.05. The Bertz CT molecular complexity index is 274. The van der Waals surface area contributed by atoms with Gasteiger partial charge in [0.2, 0.25) is 0 Å². The first-order valence-electron chi connectivity index (χ1n) is 3.69. The average molecular weight is 122 g/mol. The van der Waals surface area contributed by atoms with Gasteiger partial charge in [0.25, 0.3) is 0 Å². The van der Waals surface area contributed by atoms with Gasteiger partial charge in [-0.15, -0.1) is 0 Å². The van der Waals surface area contributed by atoms with Gasteiger partial charge in [0.15, 0.2) is 5.78 Å². The van der Waals surface area contributed by atoms with E-state index >= 15 is 0 Å². The van der Waals surface area contributed by atoms with Crippen molar-refractivity contribution in [1.29, 1.82) is 0 Å². The van der Waals surface area contributed by atoms with E-state index in [1.54, 1.807) is 0 Å². The van der Waals surface area contributed by atoms with Crippen molar-refractivity contribution in [2.24, 2.45) is 0 Å². The summed E-state index contributed by atoms with van der Waals surface area (Å²) in [7, 11) is 0. The van der Waals surface area contributed by atoms with Gasteiger partial charge in [0, 0.05) is 5.56 Å². The van der Waals surface area contributed by atoms with Crippen LogP contribution in [0.25, 0.3) is 0 Å². The van der Waals surface area contributed by atoms with Crippen LogP contribution in [0.1, 0.15) is 20.0 Å². The fourth-order valence-corrected chi connectivity index (χ4v) is 0.556. The molecule has 0 atom stereocenters. The monoisotopic (exact) mass is 122 g/mol. The smallest absolute Gasteiger partial charge is 0.159 e. The second kappa shape index (κ2) is 2.44. The van der Waals surface area contributed by atoms with Crippen LogP contribution in [-0.2, 0) is 0 Å². The molecule has 0 saturated heterocycles. The predicted molar refractivity (Wildman–Crippen MR) is 36.4 cm³/mol. The van der Waals surface area contributed by atoms with Crippen LogP contribution in [0.2, 0.25) is 0 Å². The molecular formula is C8H8O. The fraction of sp³-hybridized carbons (Fsp3) is 0.125. The van der Waals surface area contributed by atoms with Crippen molar-refractivity contribution in [2.45, 2.75) is 6.92 Å². The van der Waals surface area contributed by atoms with Crippen molar-refractivity contribution in [3.8, 4) is 0 Å². The van der Waals surface area contributed by atoms with Gasteiger partial charge in [0.1, 0.15) is 0 Å². The molecule has 0 saturated carbocycles. The zero-order valence-corrected chi connectivity index (χ0v) is 5.14. The zero-order valence-electron chi connectivity index (χ0n) is 7.14. The standard InChI is InChI=1S/C8H8O/c1-7(9)8-5-3-2-4-6-8/h2-6H,1H3/i3D,4D. The van der Waals surface area contributed by atoms with Crippen LogP contribution >= 0.6 is 0 Å². The number of hydrogen-bond donors (Lipinski definition) is 0. The number of Topliss-reactive ketones (excluding diaryl/α,β-unsaturated/α-hetero) is 1. The topological polar surface area (TPSA) is 17.1 Å². The van der Waals surface area contributed by atoms with Gasteiger partial charge in [-0.2, -0.15) is 0 Å². The maximum atomic E-state index is 10.8. The molecule has 0 aliphatic rings. The molecule has 0 aliphatic carbocycles. The molecule has 9 heavy (non-hydrogen) atoms. The Kier molecular flexibility index (Phi) is 1.04. The summed E-state index contributed by atoms with van der Waals surface area (Å²) in [5.74, 6) is -0.104. The van der Waals surface area contributed by atoms with Gasteiger partial charge >= 0.3 is 0 Å². The summed E-state index contributed by atoms with van der Waals surface area (Å²) in [6.07, 6.45) is 0. The summed E-state index contributed by atoms with van der Waals surface area (Å²) in [5.41, 5.74) is 0.433. The van der Waals surface area contributed by atoms with E-state index in [0.717, 1.165) is 0 Å². The quantitative estimate of drug-likeness (QED) is 0.520. The van der Waals surface area contributed by atoms with Crippen molar-refractivity contribution in [2.75, 3.05) is 0 Å².